The van der Waals surface area contributed by atoms with E-state index in [1.165, 1.54) is 6.07 Å². The number of anilines is 1. The zero-order valence-corrected chi connectivity index (χ0v) is 12.9. The molecule has 6 heteroatoms. The minimum absolute atomic E-state index is 0.0918. The Labute approximate surface area is 128 Å². The number of hydrogen-bond acceptors (Lipinski definition) is 5. The Bertz CT molecular complexity index is 656. The zero-order valence-electron chi connectivity index (χ0n) is 12.1. The van der Waals surface area contributed by atoms with Crippen LogP contribution in [0.3, 0.4) is 0 Å². The number of rotatable bonds is 7. The lowest BCUT2D eigenvalue weighted by atomic mass is 10.2. The summed E-state index contributed by atoms with van der Waals surface area (Å²) >= 11 is 5.81. The van der Waals surface area contributed by atoms with E-state index in [4.69, 9.17) is 25.5 Å². The van der Waals surface area contributed by atoms with Crippen LogP contribution in [0.15, 0.2) is 33.5 Å². The molecule has 0 bridgehead atoms. The van der Waals surface area contributed by atoms with Crippen molar-refractivity contribution in [3.8, 4) is 5.75 Å². The van der Waals surface area contributed by atoms with Gasteiger partial charge in [-0.15, -0.1) is 11.6 Å². The molecule has 0 saturated heterocycles. The van der Waals surface area contributed by atoms with E-state index in [2.05, 4.69) is 0 Å². The molecule has 0 fully saturated rings. The van der Waals surface area contributed by atoms with Gasteiger partial charge in [0.15, 0.2) is 11.3 Å². The summed E-state index contributed by atoms with van der Waals surface area (Å²) in [5, 5.41) is 0.525. The summed E-state index contributed by atoms with van der Waals surface area (Å²) in [6.07, 6.45) is 0. The summed E-state index contributed by atoms with van der Waals surface area (Å²) in [5.41, 5.74) is 0.403. The average molecular weight is 312 g/mol. The highest BCUT2D eigenvalue weighted by Gasteiger charge is 2.12. The number of alkyl halides is 1. The van der Waals surface area contributed by atoms with Gasteiger partial charge < -0.3 is 18.8 Å². The molecule has 0 aliphatic heterocycles. The summed E-state index contributed by atoms with van der Waals surface area (Å²) in [6, 6.07) is 6.62. The monoisotopic (exact) mass is 311 g/mol. The Kier molecular flexibility index (Phi) is 5.47. The second-order valence-corrected chi connectivity index (χ2v) is 4.86. The van der Waals surface area contributed by atoms with Crippen LogP contribution in [0.1, 0.15) is 0 Å². The molecule has 0 aliphatic rings. The molecular formula is C15H18ClNO4. The van der Waals surface area contributed by atoms with Crippen LogP contribution in [0.5, 0.6) is 5.75 Å². The third kappa shape index (κ3) is 3.68. The van der Waals surface area contributed by atoms with E-state index in [0.29, 0.717) is 48.2 Å². The quantitative estimate of drug-likeness (QED) is 0.735. The SMILES string of the molecule is COCCN(CCCl)c1cc(=O)c2ccc(OC)cc2o1. The highest BCUT2D eigenvalue weighted by Crippen LogP contribution is 2.23. The van der Waals surface area contributed by atoms with E-state index in [1.807, 2.05) is 4.90 Å². The molecule has 0 unspecified atom stereocenters. The molecule has 5 nitrogen and oxygen atoms in total. The summed E-state index contributed by atoms with van der Waals surface area (Å²) < 4.78 is 16.1. The van der Waals surface area contributed by atoms with Crippen molar-refractivity contribution in [2.24, 2.45) is 0 Å². The maximum absolute atomic E-state index is 12.2. The second kappa shape index (κ2) is 7.33. The van der Waals surface area contributed by atoms with Gasteiger partial charge in [0.05, 0.1) is 19.1 Å². The molecule has 0 atom stereocenters. The van der Waals surface area contributed by atoms with E-state index in [1.54, 1.807) is 32.4 Å². The molecule has 1 aromatic heterocycles. The van der Waals surface area contributed by atoms with Crippen LogP contribution in [0.25, 0.3) is 11.0 Å². The molecule has 0 radical (unpaired) electrons. The number of ether oxygens (including phenoxy) is 2. The molecule has 0 saturated carbocycles. The van der Waals surface area contributed by atoms with Gasteiger partial charge in [-0.2, -0.15) is 0 Å². The molecule has 0 N–H and O–H groups in total. The molecule has 0 aliphatic carbocycles. The Balaban J connectivity index is 2.44. The summed E-state index contributed by atoms with van der Waals surface area (Å²) in [6.45, 7) is 1.70. The van der Waals surface area contributed by atoms with Crippen LogP contribution in [0.4, 0.5) is 5.88 Å². The molecule has 0 amide bonds. The number of methoxy groups -OCH3 is 2. The topological polar surface area (TPSA) is 51.9 Å². The van der Waals surface area contributed by atoms with E-state index in [9.17, 15) is 4.79 Å². The van der Waals surface area contributed by atoms with Gasteiger partial charge in [0.1, 0.15) is 11.3 Å². The lowest BCUT2D eigenvalue weighted by Gasteiger charge is -2.21. The van der Waals surface area contributed by atoms with Gasteiger partial charge in [0.2, 0.25) is 0 Å². The summed E-state index contributed by atoms with van der Waals surface area (Å²) in [4.78, 5) is 14.1. The molecule has 2 aromatic rings. The van der Waals surface area contributed by atoms with Crippen molar-refractivity contribution in [2.45, 2.75) is 0 Å². The Morgan fingerprint density at radius 3 is 2.71 bits per heavy atom. The molecular weight excluding hydrogens is 294 g/mol. The lowest BCUT2D eigenvalue weighted by Crippen LogP contribution is -2.29. The number of nitrogens with zero attached hydrogens (tertiary/aromatic N) is 1. The first-order valence-corrected chi connectivity index (χ1v) is 7.14. The maximum Gasteiger partial charge on any atom is 0.200 e. The van der Waals surface area contributed by atoms with Crippen LogP contribution >= 0.6 is 11.6 Å². The van der Waals surface area contributed by atoms with Crippen LogP contribution in [0.2, 0.25) is 0 Å². The van der Waals surface area contributed by atoms with Crippen LogP contribution in [-0.2, 0) is 4.74 Å². The molecule has 114 valence electrons. The van der Waals surface area contributed by atoms with Gasteiger partial charge in [-0.25, -0.2) is 0 Å². The fourth-order valence-corrected chi connectivity index (χ4v) is 2.25. The number of hydrogen-bond donors (Lipinski definition) is 0. The smallest absolute Gasteiger partial charge is 0.200 e. The van der Waals surface area contributed by atoms with E-state index in [0.717, 1.165) is 0 Å². The Hall–Kier alpha value is -1.72. The Morgan fingerprint density at radius 1 is 1.24 bits per heavy atom. The third-order valence-electron chi connectivity index (χ3n) is 3.15. The first kappa shape index (κ1) is 15.7. The van der Waals surface area contributed by atoms with Gasteiger partial charge in [-0.05, 0) is 12.1 Å². The van der Waals surface area contributed by atoms with Crippen molar-refractivity contribution in [3.63, 3.8) is 0 Å². The van der Waals surface area contributed by atoms with Crippen LogP contribution < -0.4 is 15.1 Å². The van der Waals surface area contributed by atoms with Crippen molar-refractivity contribution >= 4 is 28.5 Å². The second-order valence-electron chi connectivity index (χ2n) is 4.48. The largest absolute Gasteiger partial charge is 0.497 e. The highest BCUT2D eigenvalue weighted by molar-refractivity contribution is 6.18. The lowest BCUT2D eigenvalue weighted by molar-refractivity contribution is 0.204. The zero-order chi connectivity index (χ0) is 15.2. The molecule has 2 rings (SSSR count). The predicted octanol–water partition coefficient (Wildman–Crippen LogP) is 2.49. The summed E-state index contributed by atoms with van der Waals surface area (Å²) in [7, 11) is 3.20. The maximum atomic E-state index is 12.2. The first-order chi connectivity index (χ1) is 10.2. The standard InChI is InChI=1S/C15H18ClNO4/c1-19-8-7-17(6-5-16)15-10-13(18)12-4-3-11(20-2)9-14(12)21-15/h3-4,9-10H,5-8H2,1-2H3. The van der Waals surface area contributed by atoms with Gasteiger partial charge in [-0.3, -0.25) is 4.79 Å². The number of benzene rings is 1. The average Bonchev–Trinajstić information content (AvgIpc) is 2.50. The minimum Gasteiger partial charge on any atom is -0.497 e. The van der Waals surface area contributed by atoms with Crippen molar-refractivity contribution in [3.05, 3.63) is 34.5 Å². The third-order valence-corrected chi connectivity index (χ3v) is 3.32. The van der Waals surface area contributed by atoms with E-state index >= 15 is 0 Å². The summed E-state index contributed by atoms with van der Waals surface area (Å²) in [5.74, 6) is 1.56. The van der Waals surface area contributed by atoms with Gasteiger partial charge in [0, 0.05) is 38.2 Å². The highest BCUT2D eigenvalue weighted by atomic mass is 35.5. The van der Waals surface area contributed by atoms with Crippen LogP contribution in [-0.4, -0.2) is 39.8 Å². The molecule has 21 heavy (non-hydrogen) atoms. The van der Waals surface area contributed by atoms with Gasteiger partial charge >= 0.3 is 0 Å². The van der Waals surface area contributed by atoms with Crippen molar-refractivity contribution in [1.29, 1.82) is 0 Å². The Morgan fingerprint density at radius 2 is 2.05 bits per heavy atom. The first-order valence-electron chi connectivity index (χ1n) is 6.61. The van der Waals surface area contributed by atoms with Crippen molar-refractivity contribution < 1.29 is 13.9 Å². The van der Waals surface area contributed by atoms with E-state index < -0.39 is 0 Å². The minimum atomic E-state index is -0.0918. The molecule has 1 heterocycles. The van der Waals surface area contributed by atoms with Crippen molar-refractivity contribution in [2.75, 3.05) is 44.7 Å². The fourth-order valence-electron chi connectivity index (χ4n) is 2.04. The van der Waals surface area contributed by atoms with Gasteiger partial charge in [0.25, 0.3) is 0 Å². The fraction of sp³-hybridized carbons (Fsp3) is 0.400. The number of fused-ring (bicyclic) bond motifs is 1. The van der Waals surface area contributed by atoms with E-state index in [-0.39, 0.29) is 5.43 Å². The van der Waals surface area contributed by atoms with Crippen molar-refractivity contribution in [1.82, 2.24) is 0 Å². The predicted molar refractivity (Wildman–Crippen MR) is 83.8 cm³/mol. The molecule has 1 aromatic carbocycles. The van der Waals surface area contributed by atoms with Gasteiger partial charge in [-0.1, -0.05) is 0 Å². The van der Waals surface area contributed by atoms with Crippen LogP contribution in [0, 0.1) is 0 Å². The number of halogens is 1. The molecule has 0 spiro atoms. The normalized spacial score (nSPS) is 10.8.